The lowest BCUT2D eigenvalue weighted by Gasteiger charge is -2.22. The van der Waals surface area contributed by atoms with E-state index >= 15 is 0 Å². The van der Waals surface area contributed by atoms with Gasteiger partial charge in [0.1, 0.15) is 11.5 Å². The van der Waals surface area contributed by atoms with Crippen molar-refractivity contribution in [1.29, 1.82) is 0 Å². The van der Waals surface area contributed by atoms with Crippen LogP contribution < -0.4 is 10.6 Å². The number of rotatable bonds is 1. The van der Waals surface area contributed by atoms with Crippen molar-refractivity contribution in [1.82, 2.24) is 9.97 Å². The first-order valence-corrected chi connectivity index (χ1v) is 6.16. The van der Waals surface area contributed by atoms with Crippen LogP contribution >= 0.6 is 0 Å². The van der Waals surface area contributed by atoms with Crippen molar-refractivity contribution in [3.05, 3.63) is 47.9 Å². The molecule has 2 N–H and O–H groups in total. The van der Waals surface area contributed by atoms with Gasteiger partial charge in [-0.2, -0.15) is 0 Å². The number of nitrogens with zero attached hydrogens (tertiary/aromatic N) is 3. The molecule has 1 amide bonds. The van der Waals surface area contributed by atoms with Crippen LogP contribution in [-0.4, -0.2) is 21.9 Å². The van der Waals surface area contributed by atoms with Crippen LogP contribution in [0.5, 0.6) is 0 Å². The summed E-state index contributed by atoms with van der Waals surface area (Å²) >= 11 is 0. The van der Waals surface area contributed by atoms with E-state index in [1.165, 1.54) is 18.0 Å². The first kappa shape index (κ1) is 11.6. The van der Waals surface area contributed by atoms with E-state index in [0.29, 0.717) is 11.5 Å². The molecule has 1 atom stereocenters. The number of hydrogen-bond acceptors (Lipinski definition) is 4. The Hall–Kier alpha value is -2.43. The summed E-state index contributed by atoms with van der Waals surface area (Å²) in [5, 5.41) is 0. The highest BCUT2D eigenvalue weighted by Gasteiger charge is 2.31. The van der Waals surface area contributed by atoms with Gasteiger partial charge in [0, 0.05) is 11.7 Å². The SMILES string of the molecule is CC1Cc2ccccc2N1C(=O)c1cnc(N)cn1. The summed E-state index contributed by atoms with van der Waals surface area (Å²) in [5.41, 5.74) is 7.95. The Balaban J connectivity index is 1.98. The van der Waals surface area contributed by atoms with Gasteiger partial charge in [0.2, 0.25) is 0 Å². The molecule has 1 aliphatic heterocycles. The summed E-state index contributed by atoms with van der Waals surface area (Å²) < 4.78 is 0. The Labute approximate surface area is 111 Å². The van der Waals surface area contributed by atoms with Crippen molar-refractivity contribution >= 4 is 17.4 Å². The number of benzene rings is 1. The summed E-state index contributed by atoms with van der Waals surface area (Å²) in [7, 11) is 0. The quantitative estimate of drug-likeness (QED) is 0.839. The van der Waals surface area contributed by atoms with Crippen molar-refractivity contribution in [3.63, 3.8) is 0 Å². The molecule has 0 saturated heterocycles. The second-order valence-corrected chi connectivity index (χ2v) is 4.68. The van der Waals surface area contributed by atoms with Crippen LogP contribution in [-0.2, 0) is 6.42 Å². The van der Waals surface area contributed by atoms with E-state index in [9.17, 15) is 4.79 Å². The normalized spacial score (nSPS) is 17.3. The van der Waals surface area contributed by atoms with Crippen LogP contribution in [0.2, 0.25) is 0 Å². The van der Waals surface area contributed by atoms with Crippen LogP contribution in [0.15, 0.2) is 36.7 Å². The topological polar surface area (TPSA) is 72.1 Å². The molecule has 0 saturated carbocycles. The molecular formula is C14H14N4O. The van der Waals surface area contributed by atoms with Gasteiger partial charge in [-0.15, -0.1) is 0 Å². The van der Waals surface area contributed by atoms with Crippen molar-refractivity contribution < 1.29 is 4.79 Å². The second kappa shape index (κ2) is 4.35. The Kier molecular flexibility index (Phi) is 2.67. The number of nitrogens with two attached hydrogens (primary N) is 1. The number of para-hydroxylation sites is 1. The van der Waals surface area contributed by atoms with Crippen molar-refractivity contribution in [2.75, 3.05) is 10.6 Å². The predicted molar refractivity (Wildman–Crippen MR) is 72.9 cm³/mol. The molecule has 0 radical (unpaired) electrons. The Morgan fingerprint density at radius 3 is 2.84 bits per heavy atom. The molecule has 1 aromatic heterocycles. The van der Waals surface area contributed by atoms with Crippen molar-refractivity contribution in [2.24, 2.45) is 0 Å². The summed E-state index contributed by atoms with van der Waals surface area (Å²) in [4.78, 5) is 22.3. The zero-order chi connectivity index (χ0) is 13.4. The van der Waals surface area contributed by atoms with Gasteiger partial charge < -0.3 is 10.6 Å². The minimum atomic E-state index is -0.134. The smallest absolute Gasteiger partial charge is 0.278 e. The maximum atomic E-state index is 12.5. The minimum absolute atomic E-state index is 0.129. The van der Waals surface area contributed by atoms with Gasteiger partial charge in [0.25, 0.3) is 5.91 Å². The number of amides is 1. The lowest BCUT2D eigenvalue weighted by atomic mass is 10.1. The molecule has 19 heavy (non-hydrogen) atoms. The average Bonchev–Trinajstić information content (AvgIpc) is 2.74. The Morgan fingerprint density at radius 1 is 1.32 bits per heavy atom. The molecule has 0 aliphatic carbocycles. The van der Waals surface area contributed by atoms with Crippen LogP contribution in [0.1, 0.15) is 23.0 Å². The lowest BCUT2D eigenvalue weighted by molar-refractivity contribution is 0.0976. The monoisotopic (exact) mass is 254 g/mol. The van der Waals surface area contributed by atoms with Crippen molar-refractivity contribution in [3.8, 4) is 0 Å². The molecule has 0 spiro atoms. The van der Waals surface area contributed by atoms with E-state index in [2.05, 4.69) is 9.97 Å². The van der Waals surface area contributed by atoms with Gasteiger partial charge in [-0.25, -0.2) is 9.97 Å². The fourth-order valence-electron chi connectivity index (χ4n) is 2.45. The van der Waals surface area contributed by atoms with Gasteiger partial charge in [-0.1, -0.05) is 18.2 Å². The van der Waals surface area contributed by atoms with Gasteiger partial charge in [0.05, 0.1) is 12.4 Å². The fraction of sp³-hybridized carbons (Fsp3) is 0.214. The zero-order valence-electron chi connectivity index (χ0n) is 10.6. The van der Waals surface area contributed by atoms with Gasteiger partial charge >= 0.3 is 0 Å². The molecule has 1 aromatic carbocycles. The standard InChI is InChI=1S/C14H14N4O/c1-9-6-10-4-2-3-5-12(10)18(9)14(19)11-7-17-13(15)8-16-11/h2-5,7-9H,6H2,1H3,(H2,15,17). The number of aromatic nitrogens is 2. The summed E-state index contributed by atoms with van der Waals surface area (Å²) in [6, 6.07) is 8.06. The van der Waals surface area contributed by atoms with Gasteiger partial charge in [-0.3, -0.25) is 4.79 Å². The van der Waals surface area contributed by atoms with E-state index in [-0.39, 0.29) is 11.9 Å². The third-order valence-corrected chi connectivity index (χ3v) is 3.32. The van der Waals surface area contributed by atoms with Gasteiger partial charge in [0.15, 0.2) is 0 Å². The molecule has 2 heterocycles. The lowest BCUT2D eigenvalue weighted by Crippen LogP contribution is -2.36. The van der Waals surface area contributed by atoms with E-state index in [0.717, 1.165) is 12.1 Å². The van der Waals surface area contributed by atoms with E-state index in [1.807, 2.05) is 31.2 Å². The molecule has 96 valence electrons. The van der Waals surface area contributed by atoms with Crippen LogP contribution in [0.4, 0.5) is 11.5 Å². The molecule has 1 aliphatic rings. The number of fused-ring (bicyclic) bond motifs is 1. The zero-order valence-corrected chi connectivity index (χ0v) is 10.6. The molecule has 0 bridgehead atoms. The predicted octanol–water partition coefficient (Wildman–Crippen LogP) is 1.65. The number of carbonyl (C=O) groups is 1. The number of hydrogen-bond donors (Lipinski definition) is 1. The maximum Gasteiger partial charge on any atom is 0.278 e. The molecule has 0 fully saturated rings. The minimum Gasteiger partial charge on any atom is -0.382 e. The van der Waals surface area contributed by atoms with Crippen molar-refractivity contribution in [2.45, 2.75) is 19.4 Å². The number of anilines is 2. The third-order valence-electron chi connectivity index (χ3n) is 3.32. The molecule has 5 nitrogen and oxygen atoms in total. The first-order valence-electron chi connectivity index (χ1n) is 6.16. The highest BCUT2D eigenvalue weighted by molar-refractivity contribution is 6.06. The average molecular weight is 254 g/mol. The van der Waals surface area contributed by atoms with Gasteiger partial charge in [-0.05, 0) is 25.0 Å². The molecular weight excluding hydrogens is 240 g/mol. The third kappa shape index (κ3) is 1.93. The highest BCUT2D eigenvalue weighted by atomic mass is 16.2. The van der Waals surface area contributed by atoms with Crippen LogP contribution in [0.3, 0.4) is 0 Å². The highest BCUT2D eigenvalue weighted by Crippen LogP contribution is 2.32. The first-order chi connectivity index (χ1) is 9.16. The molecule has 5 heteroatoms. The van der Waals surface area contributed by atoms with Crippen LogP contribution in [0, 0.1) is 0 Å². The number of carbonyl (C=O) groups excluding carboxylic acids is 1. The molecule has 3 rings (SSSR count). The fourth-order valence-corrected chi connectivity index (χ4v) is 2.45. The Bertz CT molecular complexity index is 624. The van der Waals surface area contributed by atoms with E-state index in [1.54, 1.807) is 4.90 Å². The summed E-state index contributed by atoms with van der Waals surface area (Å²) in [5.74, 6) is 0.177. The van der Waals surface area contributed by atoms with Crippen LogP contribution in [0.25, 0.3) is 0 Å². The number of nitrogen functional groups attached to an aromatic ring is 1. The molecule has 2 aromatic rings. The summed E-state index contributed by atoms with van der Waals surface area (Å²) in [6.45, 7) is 2.03. The maximum absolute atomic E-state index is 12.5. The molecule has 1 unspecified atom stereocenters. The summed E-state index contributed by atoms with van der Waals surface area (Å²) in [6.07, 6.45) is 3.69. The van der Waals surface area contributed by atoms with E-state index < -0.39 is 0 Å². The van der Waals surface area contributed by atoms with E-state index in [4.69, 9.17) is 5.73 Å². The second-order valence-electron chi connectivity index (χ2n) is 4.68. The Morgan fingerprint density at radius 2 is 2.11 bits per heavy atom. The largest absolute Gasteiger partial charge is 0.382 e.